The second kappa shape index (κ2) is 7.46. The third kappa shape index (κ3) is 3.44. The van der Waals surface area contributed by atoms with Gasteiger partial charge in [0.15, 0.2) is 0 Å². The molecule has 1 N–H and O–H groups in total. The lowest BCUT2D eigenvalue weighted by atomic mass is 9.96. The highest BCUT2D eigenvalue weighted by Gasteiger charge is 2.27. The van der Waals surface area contributed by atoms with E-state index in [1.165, 1.54) is 15.6 Å². The van der Waals surface area contributed by atoms with Gasteiger partial charge in [-0.15, -0.1) is 11.3 Å². The molecular weight excluding hydrogens is 342 g/mol. The standard InChI is InChI=1S/C21H23N3OS/c1-2-15-5-3-7-17(13-15)23-21(25)16-6-4-11-24(14-16)20-18-9-12-26-19(18)8-10-22-20/h3,5,7-10,12-13,16H,2,4,6,11,14H2,1H3,(H,23,25)/t16-/m1/s1. The quantitative estimate of drug-likeness (QED) is 0.728. The van der Waals surface area contributed by atoms with Gasteiger partial charge in [0.2, 0.25) is 5.91 Å². The minimum absolute atomic E-state index is 0.00951. The van der Waals surface area contributed by atoms with Crippen LogP contribution in [-0.2, 0) is 11.2 Å². The summed E-state index contributed by atoms with van der Waals surface area (Å²) in [6, 6.07) is 12.3. The molecule has 2 aromatic heterocycles. The molecule has 0 bridgehead atoms. The van der Waals surface area contributed by atoms with E-state index >= 15 is 0 Å². The summed E-state index contributed by atoms with van der Waals surface area (Å²) in [6.45, 7) is 3.80. The minimum atomic E-state index is -0.00951. The Balaban J connectivity index is 1.49. The zero-order valence-corrected chi connectivity index (χ0v) is 15.8. The summed E-state index contributed by atoms with van der Waals surface area (Å²) in [7, 11) is 0. The summed E-state index contributed by atoms with van der Waals surface area (Å²) in [4.78, 5) is 19.7. The van der Waals surface area contributed by atoms with Crippen LogP contribution in [-0.4, -0.2) is 24.0 Å². The molecule has 3 heterocycles. The number of hydrogen-bond donors (Lipinski definition) is 1. The van der Waals surface area contributed by atoms with Crippen molar-refractivity contribution < 1.29 is 4.79 Å². The van der Waals surface area contributed by atoms with Crippen LogP contribution >= 0.6 is 11.3 Å². The number of aromatic nitrogens is 1. The van der Waals surface area contributed by atoms with E-state index in [1.807, 2.05) is 18.3 Å². The van der Waals surface area contributed by atoms with Gasteiger partial charge in [0.25, 0.3) is 0 Å². The average Bonchev–Trinajstić information content (AvgIpc) is 3.17. The van der Waals surface area contributed by atoms with Crippen molar-refractivity contribution in [1.82, 2.24) is 4.98 Å². The van der Waals surface area contributed by atoms with Crippen molar-refractivity contribution in [2.45, 2.75) is 26.2 Å². The van der Waals surface area contributed by atoms with Crippen LogP contribution in [0, 0.1) is 5.92 Å². The first-order valence-electron chi connectivity index (χ1n) is 9.21. The lowest BCUT2D eigenvalue weighted by Gasteiger charge is -2.33. The topological polar surface area (TPSA) is 45.2 Å². The number of piperidine rings is 1. The molecule has 0 unspecified atom stereocenters. The number of benzene rings is 1. The molecule has 26 heavy (non-hydrogen) atoms. The molecule has 1 saturated heterocycles. The highest BCUT2D eigenvalue weighted by Crippen LogP contribution is 2.31. The first kappa shape index (κ1) is 17.0. The lowest BCUT2D eigenvalue weighted by Crippen LogP contribution is -2.41. The van der Waals surface area contributed by atoms with Crippen LogP contribution in [0.4, 0.5) is 11.5 Å². The van der Waals surface area contributed by atoms with E-state index in [2.05, 4.69) is 51.8 Å². The molecule has 1 aromatic carbocycles. The van der Waals surface area contributed by atoms with E-state index in [9.17, 15) is 4.79 Å². The van der Waals surface area contributed by atoms with Crippen LogP contribution in [0.25, 0.3) is 10.1 Å². The maximum Gasteiger partial charge on any atom is 0.229 e. The molecule has 3 aromatic rings. The van der Waals surface area contributed by atoms with Crippen LogP contribution in [0.15, 0.2) is 48.0 Å². The normalized spacial score (nSPS) is 17.4. The van der Waals surface area contributed by atoms with E-state index in [0.29, 0.717) is 0 Å². The van der Waals surface area contributed by atoms with Crippen molar-refractivity contribution in [1.29, 1.82) is 0 Å². The number of amides is 1. The predicted octanol–water partition coefficient (Wildman–Crippen LogP) is 4.71. The van der Waals surface area contributed by atoms with E-state index in [0.717, 1.165) is 43.9 Å². The largest absolute Gasteiger partial charge is 0.355 e. The van der Waals surface area contributed by atoms with Crippen LogP contribution in [0.2, 0.25) is 0 Å². The summed E-state index contributed by atoms with van der Waals surface area (Å²) >= 11 is 1.73. The summed E-state index contributed by atoms with van der Waals surface area (Å²) in [5.74, 6) is 1.11. The SMILES string of the molecule is CCc1cccc(NC(=O)[C@@H]2CCCN(c3nccc4sccc34)C2)c1. The van der Waals surface area contributed by atoms with Crippen LogP contribution in [0.1, 0.15) is 25.3 Å². The van der Waals surface area contributed by atoms with Crippen LogP contribution in [0.3, 0.4) is 0 Å². The number of pyridine rings is 1. The molecular formula is C21H23N3OS. The zero-order chi connectivity index (χ0) is 17.9. The van der Waals surface area contributed by atoms with Crippen LogP contribution < -0.4 is 10.2 Å². The smallest absolute Gasteiger partial charge is 0.229 e. The highest BCUT2D eigenvalue weighted by atomic mass is 32.1. The Morgan fingerprint density at radius 2 is 2.27 bits per heavy atom. The molecule has 0 radical (unpaired) electrons. The monoisotopic (exact) mass is 365 g/mol. The third-order valence-corrected chi connectivity index (χ3v) is 5.94. The molecule has 1 aliphatic rings. The molecule has 5 heteroatoms. The van der Waals surface area contributed by atoms with Gasteiger partial charge < -0.3 is 10.2 Å². The van der Waals surface area contributed by atoms with Crippen molar-refractivity contribution in [2.75, 3.05) is 23.3 Å². The lowest BCUT2D eigenvalue weighted by molar-refractivity contribution is -0.120. The van der Waals surface area contributed by atoms with Crippen molar-refractivity contribution in [3.8, 4) is 0 Å². The molecule has 1 aliphatic heterocycles. The van der Waals surface area contributed by atoms with Gasteiger partial charge in [-0.05, 0) is 54.5 Å². The molecule has 0 aliphatic carbocycles. The Morgan fingerprint density at radius 3 is 3.15 bits per heavy atom. The fourth-order valence-corrected chi connectivity index (χ4v) is 4.41. The van der Waals surface area contributed by atoms with Crippen molar-refractivity contribution in [2.24, 2.45) is 5.92 Å². The molecule has 1 atom stereocenters. The second-order valence-electron chi connectivity index (χ2n) is 6.80. The van der Waals surface area contributed by atoms with Gasteiger partial charge in [0.1, 0.15) is 5.82 Å². The highest BCUT2D eigenvalue weighted by molar-refractivity contribution is 7.17. The van der Waals surface area contributed by atoms with E-state index in [-0.39, 0.29) is 11.8 Å². The summed E-state index contributed by atoms with van der Waals surface area (Å²) in [5, 5.41) is 6.40. The van der Waals surface area contributed by atoms with E-state index < -0.39 is 0 Å². The number of anilines is 2. The molecule has 0 saturated carbocycles. The molecule has 1 fully saturated rings. The summed E-state index contributed by atoms with van der Waals surface area (Å²) < 4.78 is 1.25. The van der Waals surface area contributed by atoms with Crippen molar-refractivity contribution >= 4 is 38.8 Å². The Kier molecular flexibility index (Phi) is 4.89. The van der Waals surface area contributed by atoms with Gasteiger partial charge in [-0.2, -0.15) is 0 Å². The maximum atomic E-state index is 12.8. The van der Waals surface area contributed by atoms with E-state index in [4.69, 9.17) is 0 Å². The van der Waals surface area contributed by atoms with Gasteiger partial charge >= 0.3 is 0 Å². The molecule has 1 amide bonds. The number of aryl methyl sites for hydroxylation is 1. The van der Waals surface area contributed by atoms with E-state index in [1.54, 1.807) is 11.3 Å². The van der Waals surface area contributed by atoms with Gasteiger partial charge in [-0.1, -0.05) is 19.1 Å². The number of fused-ring (bicyclic) bond motifs is 1. The molecule has 134 valence electrons. The number of carbonyl (C=O) groups excluding carboxylic acids is 1. The molecule has 4 rings (SSSR count). The van der Waals surface area contributed by atoms with Gasteiger partial charge in [0, 0.05) is 35.1 Å². The third-order valence-electron chi connectivity index (χ3n) is 5.05. The average molecular weight is 366 g/mol. The Labute approximate surface area is 157 Å². The Bertz CT molecular complexity index is 920. The van der Waals surface area contributed by atoms with Crippen molar-refractivity contribution in [3.05, 3.63) is 53.5 Å². The number of hydrogen-bond acceptors (Lipinski definition) is 4. The predicted molar refractivity (Wildman–Crippen MR) is 109 cm³/mol. The molecule has 4 nitrogen and oxygen atoms in total. The number of nitrogens with zero attached hydrogens (tertiary/aromatic N) is 2. The second-order valence-corrected chi connectivity index (χ2v) is 7.74. The molecule has 0 spiro atoms. The summed E-state index contributed by atoms with van der Waals surface area (Å²) in [6.07, 6.45) is 4.77. The number of rotatable bonds is 4. The Morgan fingerprint density at radius 1 is 1.35 bits per heavy atom. The van der Waals surface area contributed by atoms with Gasteiger partial charge in [-0.25, -0.2) is 4.98 Å². The van der Waals surface area contributed by atoms with Crippen LogP contribution in [0.5, 0.6) is 0 Å². The fraction of sp³-hybridized carbons (Fsp3) is 0.333. The van der Waals surface area contributed by atoms with Crippen molar-refractivity contribution in [3.63, 3.8) is 0 Å². The zero-order valence-electron chi connectivity index (χ0n) is 14.9. The van der Waals surface area contributed by atoms with Gasteiger partial charge in [0.05, 0.1) is 5.92 Å². The Hall–Kier alpha value is -2.40. The first-order valence-corrected chi connectivity index (χ1v) is 10.1. The number of thiophene rings is 1. The maximum absolute atomic E-state index is 12.8. The minimum Gasteiger partial charge on any atom is -0.355 e. The number of nitrogens with one attached hydrogen (secondary N) is 1. The fourth-order valence-electron chi connectivity index (χ4n) is 3.63. The number of carbonyl (C=O) groups is 1. The summed E-state index contributed by atoms with van der Waals surface area (Å²) in [5.41, 5.74) is 2.13. The van der Waals surface area contributed by atoms with Gasteiger partial charge in [-0.3, -0.25) is 4.79 Å². The first-order chi connectivity index (χ1) is 12.7.